The summed E-state index contributed by atoms with van der Waals surface area (Å²) in [4.78, 5) is 9.88. The van der Waals surface area contributed by atoms with Crippen molar-refractivity contribution in [1.82, 2.24) is 0 Å². The summed E-state index contributed by atoms with van der Waals surface area (Å²) >= 11 is 15.9. The Morgan fingerprint density at radius 2 is 2.00 bits per heavy atom. The Labute approximate surface area is 78.5 Å². The normalized spacial score (nSPS) is 10.8. The van der Waals surface area contributed by atoms with Gasteiger partial charge in [0, 0.05) is 0 Å². The highest BCUT2D eigenvalue weighted by atomic mass is 35.6. The average molecular weight is 219 g/mol. The van der Waals surface area contributed by atoms with Gasteiger partial charge in [-0.15, -0.1) is 0 Å². The second kappa shape index (κ2) is 4.04. The van der Waals surface area contributed by atoms with E-state index in [1.165, 1.54) is 0 Å². The number of halogens is 3. The maximum atomic E-state index is 9.88. The lowest BCUT2D eigenvalue weighted by Gasteiger charge is -2.10. The zero-order valence-electron chi connectivity index (χ0n) is 5.31. The van der Waals surface area contributed by atoms with E-state index in [9.17, 15) is 4.79 Å². The van der Waals surface area contributed by atoms with Crippen LogP contribution in [-0.2, 0) is 4.74 Å². The molecule has 0 unspecified atom stereocenters. The van der Waals surface area contributed by atoms with Gasteiger partial charge in [0.15, 0.2) is 3.79 Å². The Morgan fingerprint density at radius 3 is 2.27 bits per heavy atom. The van der Waals surface area contributed by atoms with Crippen molar-refractivity contribution in [1.29, 1.82) is 0 Å². The summed E-state index contributed by atoms with van der Waals surface area (Å²) in [5, 5.41) is 8.07. The lowest BCUT2D eigenvalue weighted by Crippen LogP contribution is -2.07. The van der Waals surface area contributed by atoms with E-state index >= 15 is 0 Å². The molecular formula is C5H5Cl3O3. The average Bonchev–Trinajstić information content (AvgIpc) is 1.53. The smallest absolute Gasteiger partial charge is 0.449 e. The summed E-state index contributed by atoms with van der Waals surface area (Å²) in [5.74, 6) is -0.0995. The topological polar surface area (TPSA) is 46.5 Å². The van der Waals surface area contributed by atoms with Crippen LogP contribution in [0.2, 0.25) is 0 Å². The van der Waals surface area contributed by atoms with Crippen LogP contribution in [0.4, 0.5) is 4.79 Å². The van der Waals surface area contributed by atoms with Crippen molar-refractivity contribution in [2.75, 3.05) is 0 Å². The molecule has 0 bridgehead atoms. The molecule has 0 aromatic rings. The minimum absolute atomic E-state index is 0.0995. The molecule has 1 N–H and O–H groups in total. The van der Waals surface area contributed by atoms with Gasteiger partial charge in [0.25, 0.3) is 0 Å². The van der Waals surface area contributed by atoms with Crippen LogP contribution in [0.1, 0.15) is 6.42 Å². The van der Waals surface area contributed by atoms with Crippen LogP contribution in [0.15, 0.2) is 12.3 Å². The van der Waals surface area contributed by atoms with E-state index in [4.69, 9.17) is 39.9 Å². The Balaban J connectivity index is 3.80. The number of rotatable bonds is 2. The molecule has 0 fully saturated rings. The first-order valence-electron chi connectivity index (χ1n) is 2.46. The maximum Gasteiger partial charge on any atom is 0.510 e. The molecule has 0 atom stereocenters. The first-order valence-corrected chi connectivity index (χ1v) is 3.60. The molecule has 0 aromatic carbocycles. The molecule has 0 aliphatic carbocycles. The summed E-state index contributed by atoms with van der Waals surface area (Å²) < 4.78 is 2.53. The summed E-state index contributed by atoms with van der Waals surface area (Å²) in [6.45, 7) is 3.22. The van der Waals surface area contributed by atoms with Crippen LogP contribution in [-0.4, -0.2) is 15.1 Å². The number of hydrogen-bond acceptors (Lipinski definition) is 2. The number of carbonyl (C=O) groups is 1. The Bertz CT molecular complexity index is 172. The van der Waals surface area contributed by atoms with E-state index in [0.29, 0.717) is 0 Å². The molecule has 6 heteroatoms. The molecule has 3 nitrogen and oxygen atoms in total. The summed E-state index contributed by atoms with van der Waals surface area (Å²) in [6, 6.07) is 0. The molecule has 0 aromatic heterocycles. The first-order chi connectivity index (χ1) is 4.81. The largest absolute Gasteiger partial charge is 0.510 e. The fourth-order valence-electron chi connectivity index (χ4n) is 0.383. The maximum absolute atomic E-state index is 9.88. The second-order valence-electron chi connectivity index (χ2n) is 1.70. The van der Waals surface area contributed by atoms with Crippen molar-refractivity contribution in [2.45, 2.75) is 10.2 Å². The predicted octanol–water partition coefficient (Wildman–Crippen LogP) is 2.96. The van der Waals surface area contributed by atoms with Crippen LogP contribution in [0, 0.1) is 0 Å². The summed E-state index contributed by atoms with van der Waals surface area (Å²) in [6.07, 6.45) is -1.62. The van der Waals surface area contributed by atoms with Gasteiger partial charge in [-0.2, -0.15) is 0 Å². The zero-order chi connectivity index (χ0) is 9.07. The number of alkyl halides is 3. The highest BCUT2D eigenvalue weighted by molar-refractivity contribution is 6.67. The highest BCUT2D eigenvalue weighted by Crippen LogP contribution is 2.32. The van der Waals surface area contributed by atoms with Crippen molar-refractivity contribution in [3.8, 4) is 0 Å². The molecule has 0 amide bonds. The molecule has 0 rings (SSSR count). The number of allylic oxidation sites excluding steroid dienone is 1. The van der Waals surface area contributed by atoms with E-state index in [1.807, 2.05) is 0 Å². The van der Waals surface area contributed by atoms with Crippen LogP contribution in [0.3, 0.4) is 0 Å². The van der Waals surface area contributed by atoms with Crippen molar-refractivity contribution in [2.24, 2.45) is 0 Å². The summed E-state index contributed by atoms with van der Waals surface area (Å²) in [7, 11) is 0. The first kappa shape index (κ1) is 10.9. The monoisotopic (exact) mass is 218 g/mol. The van der Waals surface area contributed by atoms with Crippen LogP contribution < -0.4 is 0 Å². The van der Waals surface area contributed by atoms with E-state index in [0.717, 1.165) is 0 Å². The SMILES string of the molecule is C=C(CC(Cl)(Cl)Cl)OC(=O)O. The lowest BCUT2D eigenvalue weighted by molar-refractivity contribution is 0.117. The molecule has 64 valence electrons. The van der Waals surface area contributed by atoms with E-state index in [-0.39, 0.29) is 12.2 Å². The van der Waals surface area contributed by atoms with Crippen LogP contribution >= 0.6 is 34.8 Å². The van der Waals surface area contributed by atoms with Crippen molar-refractivity contribution in [3.63, 3.8) is 0 Å². The number of carboxylic acid groups (broad SMARTS) is 1. The molecule has 0 spiro atoms. The fourth-order valence-corrected chi connectivity index (χ4v) is 0.830. The molecule has 0 aliphatic rings. The third kappa shape index (κ3) is 7.78. The predicted molar refractivity (Wildman–Crippen MR) is 43.2 cm³/mol. The van der Waals surface area contributed by atoms with Gasteiger partial charge in [-0.05, 0) is 0 Å². The van der Waals surface area contributed by atoms with Crippen molar-refractivity contribution >= 4 is 41.0 Å². The van der Waals surface area contributed by atoms with Crippen molar-refractivity contribution in [3.05, 3.63) is 12.3 Å². The third-order valence-electron chi connectivity index (χ3n) is 0.629. The van der Waals surface area contributed by atoms with E-state index in [1.54, 1.807) is 0 Å². The Kier molecular flexibility index (Phi) is 4.00. The van der Waals surface area contributed by atoms with Gasteiger partial charge in [0.2, 0.25) is 0 Å². The number of hydrogen-bond donors (Lipinski definition) is 1. The van der Waals surface area contributed by atoms with Gasteiger partial charge in [-0.3, -0.25) is 0 Å². The molecule has 0 saturated heterocycles. The minimum atomic E-state index is -1.56. The van der Waals surface area contributed by atoms with Crippen LogP contribution in [0.5, 0.6) is 0 Å². The Morgan fingerprint density at radius 1 is 1.55 bits per heavy atom. The molecule has 0 aliphatic heterocycles. The molecule has 0 radical (unpaired) electrons. The molecule has 11 heavy (non-hydrogen) atoms. The molecule has 0 heterocycles. The lowest BCUT2D eigenvalue weighted by atomic mass is 10.4. The van der Waals surface area contributed by atoms with Gasteiger partial charge in [-0.1, -0.05) is 41.4 Å². The highest BCUT2D eigenvalue weighted by Gasteiger charge is 2.22. The second-order valence-corrected chi connectivity index (χ2v) is 4.21. The zero-order valence-corrected chi connectivity index (χ0v) is 7.58. The summed E-state index contributed by atoms with van der Waals surface area (Å²) in [5.41, 5.74) is 0. The van der Waals surface area contributed by atoms with Gasteiger partial charge in [0.1, 0.15) is 5.76 Å². The third-order valence-corrected chi connectivity index (χ3v) is 1.03. The van der Waals surface area contributed by atoms with Gasteiger partial charge in [-0.25, -0.2) is 4.79 Å². The van der Waals surface area contributed by atoms with Crippen LogP contribution in [0.25, 0.3) is 0 Å². The van der Waals surface area contributed by atoms with Crippen molar-refractivity contribution < 1.29 is 14.6 Å². The van der Waals surface area contributed by atoms with Gasteiger partial charge < -0.3 is 9.84 Å². The van der Waals surface area contributed by atoms with Gasteiger partial charge >= 0.3 is 6.16 Å². The van der Waals surface area contributed by atoms with E-state index in [2.05, 4.69) is 11.3 Å². The molecule has 0 saturated carbocycles. The minimum Gasteiger partial charge on any atom is -0.449 e. The Hall–Kier alpha value is -0.120. The quantitative estimate of drug-likeness (QED) is 0.441. The van der Waals surface area contributed by atoms with Gasteiger partial charge in [0.05, 0.1) is 6.42 Å². The van der Waals surface area contributed by atoms with E-state index < -0.39 is 9.95 Å². The standard InChI is InChI=1S/C5H5Cl3O3/c1-3(11-4(9)10)2-5(6,7)8/h1-2H2,(H,9,10). The molecular weight excluding hydrogens is 214 g/mol. The number of ether oxygens (including phenoxy) is 1. The fraction of sp³-hybridized carbons (Fsp3) is 0.400.